The zero-order valence-corrected chi connectivity index (χ0v) is 74.0. The Morgan fingerprint density at radius 3 is 0.726 bits per heavy atom. The van der Waals surface area contributed by atoms with Crippen LogP contribution in [-0.4, -0.2) is 87.3 Å². The standard InChI is InChI=1S/2C18H10Br2N4.C12H8N2O2.C6H2Br2N2S.2C6H6Br2N2.C6H4N2S.B.Na.H/c2*19-11-7-8-12(20)16-15(11)23-17(13-5-1-3-9-21-13)18(24-16)14-6-2-4-10-22-14;15-11(9-5-1-3-7-13-9)12(16)10-6-2-4-8-14-10;7-3-1-2-4(8)6-5(3)9-11-10-6;2*7-3-1-2-4(8)6(10)5(3)9;1-2-4-6-5(3-1)7-9-8-6;;;/h2*1-10H;1-8H;1-2H;2*1-2H,9-10H2;1-4H;;;/q;;;;;;;;+1;-1. The first-order chi connectivity index (χ1) is 50.3. The first kappa shape index (κ1) is 84.6. The molecule has 0 unspecified atom stereocenters. The molecule has 16 aromatic rings. The molecule has 0 amide bonds. The van der Waals surface area contributed by atoms with Crippen molar-refractivity contribution in [1.29, 1.82) is 0 Å². The smallest absolute Gasteiger partial charge is 1.00 e. The van der Waals surface area contributed by atoms with Gasteiger partial charge in [0, 0.05) is 90.3 Å². The van der Waals surface area contributed by atoms with Crippen LogP contribution in [0.3, 0.4) is 0 Å². The topological polar surface area (TPSA) is 319 Å². The maximum absolute atomic E-state index is 11.7. The van der Waals surface area contributed by atoms with Gasteiger partial charge in [0.1, 0.15) is 78.3 Å². The first-order valence-electron chi connectivity index (χ1n) is 29.9. The van der Waals surface area contributed by atoms with E-state index in [0.717, 1.165) is 112 Å². The number of benzene rings is 6. The molecule has 0 bridgehead atoms. The average Bonchev–Trinajstić information content (AvgIpc) is 1.72. The summed E-state index contributed by atoms with van der Waals surface area (Å²) in [6, 6.07) is 59.6. The van der Waals surface area contributed by atoms with Crippen LogP contribution in [-0.2, 0) is 0 Å². The van der Waals surface area contributed by atoms with Crippen LogP contribution in [0.5, 0.6) is 0 Å². The van der Waals surface area contributed by atoms with Gasteiger partial charge in [0.15, 0.2) is 0 Å². The van der Waals surface area contributed by atoms with E-state index in [1.54, 1.807) is 49.1 Å². The van der Waals surface area contributed by atoms with Gasteiger partial charge >= 0.3 is 29.6 Å². The number of ketones is 2. The van der Waals surface area contributed by atoms with Crippen LogP contribution >= 0.6 is 183 Å². The molecule has 523 valence electrons. The number of aromatic nitrogens is 14. The Bertz CT molecular complexity index is 5110. The number of nitrogen functional groups attached to an aromatic ring is 4. The fourth-order valence-electron chi connectivity index (χ4n) is 8.80. The van der Waals surface area contributed by atoms with Crippen LogP contribution < -0.4 is 52.5 Å². The second kappa shape index (κ2) is 41.5. The Labute approximate surface area is 724 Å². The van der Waals surface area contributed by atoms with Crippen LogP contribution in [0.15, 0.2) is 276 Å². The van der Waals surface area contributed by atoms with Crippen molar-refractivity contribution in [3.8, 4) is 45.6 Å². The first-order valence-corrected chi connectivity index (χ1v) is 39.3. The number of carbonyl (C=O) groups excluding carboxylic acids is 2. The molecule has 10 heterocycles. The molecule has 10 aromatic heterocycles. The summed E-state index contributed by atoms with van der Waals surface area (Å²) < 4.78 is 25.2. The minimum atomic E-state index is -0.640. The third kappa shape index (κ3) is 22.1. The Morgan fingerprint density at radius 1 is 0.274 bits per heavy atom. The van der Waals surface area contributed by atoms with Gasteiger partial charge < -0.3 is 24.4 Å². The Balaban J connectivity index is 0.000000179. The number of carbonyl (C=O) groups is 2. The molecule has 0 spiro atoms. The molecule has 0 aliphatic rings. The molecule has 0 saturated carbocycles. The molecule has 106 heavy (non-hydrogen) atoms. The molecule has 0 saturated heterocycles. The maximum Gasteiger partial charge on any atom is 1.00 e. The molecule has 16 rings (SSSR count). The number of Topliss-reactive ketones (excluding diaryl/α,β-unsaturated/α-hetero) is 2. The van der Waals surface area contributed by atoms with Gasteiger partial charge in [0.25, 0.3) is 11.6 Å². The summed E-state index contributed by atoms with van der Waals surface area (Å²) in [6.07, 6.45) is 9.94. The number of anilines is 4. The quantitative estimate of drug-likeness (QED) is 0.0498. The number of fused-ring (bicyclic) bond motifs is 4. The van der Waals surface area contributed by atoms with Crippen LogP contribution in [0.4, 0.5) is 22.7 Å². The van der Waals surface area contributed by atoms with Crippen LogP contribution in [0.25, 0.3) is 89.7 Å². The summed E-state index contributed by atoms with van der Waals surface area (Å²) in [5.74, 6) is -1.28. The van der Waals surface area contributed by atoms with E-state index in [-0.39, 0.29) is 50.8 Å². The Hall–Kier alpha value is -7.06. The predicted octanol–water partition coefficient (Wildman–Crippen LogP) is 18.5. The maximum atomic E-state index is 11.7. The van der Waals surface area contributed by atoms with E-state index in [4.69, 9.17) is 42.9 Å². The van der Waals surface area contributed by atoms with Crippen molar-refractivity contribution in [3.05, 3.63) is 287 Å². The van der Waals surface area contributed by atoms with E-state index >= 15 is 0 Å². The number of nitrogens with two attached hydrogens (primary N) is 4. The van der Waals surface area contributed by atoms with Crippen LogP contribution in [0, 0.1) is 0 Å². The largest absolute Gasteiger partial charge is 1.00 e. The Kier molecular flexibility index (Phi) is 33.1. The summed E-state index contributed by atoms with van der Waals surface area (Å²) in [5.41, 5.74) is 37.7. The zero-order valence-electron chi connectivity index (χ0n) is 55.5. The van der Waals surface area contributed by atoms with Crippen LogP contribution in [0.1, 0.15) is 22.4 Å². The van der Waals surface area contributed by atoms with Gasteiger partial charge in [-0.1, -0.05) is 48.5 Å². The van der Waals surface area contributed by atoms with Gasteiger partial charge in [0.05, 0.1) is 69.0 Å². The minimum absolute atomic E-state index is 0. The second-order valence-electron chi connectivity index (χ2n) is 20.7. The van der Waals surface area contributed by atoms with Crippen molar-refractivity contribution >= 4 is 270 Å². The summed E-state index contributed by atoms with van der Waals surface area (Å²) in [7, 11) is 0. The summed E-state index contributed by atoms with van der Waals surface area (Å²) in [5, 5.41) is 0. The van der Waals surface area contributed by atoms with Crippen molar-refractivity contribution in [1.82, 2.24) is 67.3 Å². The van der Waals surface area contributed by atoms with E-state index in [2.05, 4.69) is 207 Å². The number of hydrogen-bond donors (Lipinski definition) is 4. The fourth-order valence-corrected chi connectivity index (χ4v) is 14.0. The molecule has 8 N–H and O–H groups in total. The minimum Gasteiger partial charge on any atom is -1.00 e. The van der Waals surface area contributed by atoms with Gasteiger partial charge in [0.2, 0.25) is 0 Å². The zero-order chi connectivity index (χ0) is 73.8. The molecular weight excluding hydrogens is 2050 g/mol. The van der Waals surface area contributed by atoms with Gasteiger partial charge in [-0.05, 0) is 305 Å². The van der Waals surface area contributed by atoms with Crippen molar-refractivity contribution in [2.45, 2.75) is 0 Å². The molecule has 0 atom stereocenters. The molecule has 0 fully saturated rings. The van der Waals surface area contributed by atoms with Gasteiger partial charge in [-0.3, -0.25) is 39.5 Å². The summed E-state index contributed by atoms with van der Waals surface area (Å²) in [6.45, 7) is 0. The van der Waals surface area contributed by atoms with E-state index < -0.39 is 11.6 Å². The molecule has 0 aliphatic heterocycles. The number of hydrogen-bond acceptors (Lipinski definition) is 22. The molecule has 3 radical (unpaired) electrons. The normalized spacial score (nSPS) is 10.2. The SMILES string of the molecule is Brc1ccc(Br)c2nc(-c3ccccn3)c(-c3ccccn3)nc12.Brc1ccc(Br)c2nc(-c3ccccn3)c(-c3ccccn3)nc12.Brc1ccc(Br)c2nsnc12.Nc1c(Br)ccc(Br)c1N.Nc1c(Br)ccc(Br)c1N.O=C(C(=O)c1ccccn1)c1ccccn1.[B].[H-].[Na+].c1ccc2nsnc2c1. The summed E-state index contributed by atoms with van der Waals surface area (Å²) >= 11 is 36.5. The second-order valence-corrected chi connectivity index (χ2v) is 30.3. The number of rotatable bonds is 7. The van der Waals surface area contributed by atoms with E-state index in [1.165, 1.54) is 48.0 Å². The van der Waals surface area contributed by atoms with E-state index in [9.17, 15) is 9.59 Å². The van der Waals surface area contributed by atoms with Crippen molar-refractivity contribution in [2.24, 2.45) is 0 Å². The number of halogens is 10. The van der Waals surface area contributed by atoms with Gasteiger partial charge in [-0.25, -0.2) is 19.9 Å². The van der Waals surface area contributed by atoms with E-state index in [1.807, 2.05) is 158 Å². The average molecular weight is 2090 g/mol. The van der Waals surface area contributed by atoms with Crippen LogP contribution in [0.2, 0.25) is 0 Å². The summed E-state index contributed by atoms with van der Waals surface area (Å²) in [4.78, 5) is 68.1. The van der Waals surface area contributed by atoms with Crippen molar-refractivity contribution in [2.75, 3.05) is 22.9 Å². The monoisotopic (exact) mass is 2080 g/mol. The third-order valence-corrected chi connectivity index (χ3v) is 21.6. The third-order valence-electron chi connectivity index (χ3n) is 13.9. The van der Waals surface area contributed by atoms with Crippen molar-refractivity contribution < 1.29 is 40.6 Å². The van der Waals surface area contributed by atoms with E-state index in [0.29, 0.717) is 45.5 Å². The predicted molar refractivity (Wildman–Crippen MR) is 458 cm³/mol. The van der Waals surface area contributed by atoms with Gasteiger partial charge in [-0.2, -0.15) is 17.5 Å². The molecule has 0 aliphatic carbocycles. The fraction of sp³-hybridized carbons (Fsp3) is 0. The molecule has 20 nitrogen and oxygen atoms in total. The van der Waals surface area contributed by atoms with Gasteiger partial charge in [-0.15, -0.1) is 0 Å². The van der Waals surface area contributed by atoms with Crippen molar-refractivity contribution in [3.63, 3.8) is 0 Å². The Morgan fingerprint density at radius 2 is 0.491 bits per heavy atom. The molecular formula is C72H47BBr10N18NaO2S2. The molecule has 6 aromatic carbocycles. The number of nitrogens with zero attached hydrogens (tertiary/aromatic N) is 14. The number of pyridine rings is 6. The molecule has 34 heteroatoms.